The van der Waals surface area contributed by atoms with Crippen molar-refractivity contribution < 1.29 is 4.39 Å². The summed E-state index contributed by atoms with van der Waals surface area (Å²) in [6.07, 6.45) is 3.52. The first-order valence-corrected chi connectivity index (χ1v) is 7.57. The normalized spacial score (nSPS) is 14.8. The van der Waals surface area contributed by atoms with E-state index < -0.39 is 0 Å². The highest BCUT2D eigenvalue weighted by Gasteiger charge is 2.21. The van der Waals surface area contributed by atoms with Gasteiger partial charge in [-0.2, -0.15) is 5.26 Å². The summed E-state index contributed by atoms with van der Waals surface area (Å²) in [7, 11) is 0. The van der Waals surface area contributed by atoms with Crippen LogP contribution in [0.2, 0.25) is 0 Å². The lowest BCUT2D eigenvalue weighted by atomic mass is 10.1. The summed E-state index contributed by atoms with van der Waals surface area (Å²) in [5.41, 5.74) is 8.29. The number of hydrogen-bond donors (Lipinski definition) is 1. The number of anilines is 2. The van der Waals surface area contributed by atoms with E-state index in [9.17, 15) is 9.65 Å². The molecule has 22 heavy (non-hydrogen) atoms. The summed E-state index contributed by atoms with van der Waals surface area (Å²) >= 11 is 0. The van der Waals surface area contributed by atoms with Crippen molar-refractivity contribution in [1.29, 1.82) is 5.26 Å². The van der Waals surface area contributed by atoms with Crippen LogP contribution in [0.25, 0.3) is 0 Å². The molecule has 0 amide bonds. The van der Waals surface area contributed by atoms with Gasteiger partial charge in [-0.1, -0.05) is 12.1 Å². The summed E-state index contributed by atoms with van der Waals surface area (Å²) in [5, 5.41) is 9.37. The van der Waals surface area contributed by atoms with Crippen LogP contribution in [-0.2, 0) is 6.54 Å². The largest absolute Gasteiger partial charge is 0.396 e. The average molecular weight is 298 g/mol. The number of nitrogens with two attached hydrogens (primary N) is 1. The van der Waals surface area contributed by atoms with Crippen molar-refractivity contribution in [3.05, 3.63) is 47.4 Å². The number of piperidine rings is 1. The molecule has 1 saturated heterocycles. The first-order chi connectivity index (χ1) is 10.7. The van der Waals surface area contributed by atoms with Gasteiger partial charge in [0.15, 0.2) is 0 Å². The fourth-order valence-electron chi connectivity index (χ4n) is 3.04. The van der Waals surface area contributed by atoms with Gasteiger partial charge < -0.3 is 15.2 Å². The van der Waals surface area contributed by atoms with Gasteiger partial charge in [0.25, 0.3) is 0 Å². The van der Waals surface area contributed by atoms with E-state index in [0.29, 0.717) is 17.9 Å². The molecular weight excluding hydrogens is 279 g/mol. The molecule has 0 atom stereocenters. The van der Waals surface area contributed by atoms with Gasteiger partial charge >= 0.3 is 0 Å². The summed E-state index contributed by atoms with van der Waals surface area (Å²) in [5.74, 6) is 0.660. The molecule has 0 radical (unpaired) electrons. The van der Waals surface area contributed by atoms with Crippen LogP contribution in [0.3, 0.4) is 0 Å². The molecule has 0 unspecified atom stereocenters. The Hall–Kier alpha value is -2.48. The third-order valence-corrected chi connectivity index (χ3v) is 4.12. The van der Waals surface area contributed by atoms with Crippen LogP contribution < -0.4 is 10.6 Å². The molecule has 0 aliphatic carbocycles. The van der Waals surface area contributed by atoms with Crippen LogP contribution in [0.15, 0.2) is 30.3 Å². The highest BCUT2D eigenvalue weighted by molar-refractivity contribution is 5.68. The SMILES string of the molecule is N#Cc1cc(N)c(N2CCCCC2)n1Cc1ccc(F)cc1. The molecule has 2 N–H and O–H groups in total. The number of rotatable bonds is 3. The summed E-state index contributed by atoms with van der Waals surface area (Å²) < 4.78 is 15.0. The third-order valence-electron chi connectivity index (χ3n) is 4.12. The zero-order valence-electron chi connectivity index (χ0n) is 12.4. The van der Waals surface area contributed by atoms with Crippen molar-refractivity contribution in [2.24, 2.45) is 0 Å². The number of benzene rings is 1. The van der Waals surface area contributed by atoms with Crippen molar-refractivity contribution in [3.8, 4) is 6.07 Å². The van der Waals surface area contributed by atoms with Gasteiger partial charge in [-0.25, -0.2) is 4.39 Å². The minimum Gasteiger partial charge on any atom is -0.396 e. The van der Waals surface area contributed by atoms with Gasteiger partial charge in [-0.15, -0.1) is 0 Å². The molecule has 0 saturated carbocycles. The molecule has 4 nitrogen and oxygen atoms in total. The Kier molecular flexibility index (Phi) is 4.01. The second-order valence-electron chi connectivity index (χ2n) is 5.68. The van der Waals surface area contributed by atoms with Crippen molar-refractivity contribution in [3.63, 3.8) is 0 Å². The quantitative estimate of drug-likeness (QED) is 0.947. The molecule has 3 rings (SSSR count). The maximum absolute atomic E-state index is 13.1. The van der Waals surface area contributed by atoms with E-state index in [1.807, 2.05) is 4.57 Å². The van der Waals surface area contributed by atoms with Gasteiger partial charge in [-0.3, -0.25) is 0 Å². The van der Waals surface area contributed by atoms with E-state index >= 15 is 0 Å². The molecule has 5 heteroatoms. The topological polar surface area (TPSA) is 58.0 Å². The second kappa shape index (κ2) is 6.10. The molecule has 1 aliphatic rings. The minimum atomic E-state index is -0.257. The zero-order chi connectivity index (χ0) is 15.5. The minimum absolute atomic E-state index is 0.257. The lowest BCUT2D eigenvalue weighted by Gasteiger charge is -2.30. The number of hydrogen-bond acceptors (Lipinski definition) is 3. The van der Waals surface area contributed by atoms with Crippen LogP contribution >= 0.6 is 0 Å². The number of aromatic nitrogens is 1. The van der Waals surface area contributed by atoms with Crippen molar-refractivity contribution >= 4 is 11.5 Å². The molecule has 1 aliphatic heterocycles. The van der Waals surface area contributed by atoms with Gasteiger partial charge in [0, 0.05) is 13.1 Å². The average Bonchev–Trinajstić information content (AvgIpc) is 2.86. The van der Waals surface area contributed by atoms with Crippen LogP contribution in [0.1, 0.15) is 30.5 Å². The van der Waals surface area contributed by atoms with E-state index in [2.05, 4.69) is 11.0 Å². The molecule has 2 heterocycles. The molecule has 1 aromatic heterocycles. The maximum Gasteiger partial charge on any atom is 0.133 e. The summed E-state index contributed by atoms with van der Waals surface area (Å²) in [6.45, 7) is 2.44. The Morgan fingerprint density at radius 3 is 2.45 bits per heavy atom. The number of nitrogens with zero attached hydrogens (tertiary/aromatic N) is 3. The lowest BCUT2D eigenvalue weighted by Crippen LogP contribution is -2.32. The fourth-order valence-corrected chi connectivity index (χ4v) is 3.04. The number of nitriles is 1. The first kappa shape index (κ1) is 14.5. The van der Waals surface area contributed by atoms with Gasteiger partial charge in [0.2, 0.25) is 0 Å². The maximum atomic E-state index is 13.1. The Labute approximate surface area is 129 Å². The molecule has 2 aromatic rings. The smallest absolute Gasteiger partial charge is 0.133 e. The second-order valence-corrected chi connectivity index (χ2v) is 5.68. The number of halogens is 1. The predicted molar refractivity (Wildman–Crippen MR) is 85.1 cm³/mol. The van der Waals surface area contributed by atoms with Crippen LogP contribution in [0.5, 0.6) is 0 Å². The van der Waals surface area contributed by atoms with Crippen molar-refractivity contribution in [2.45, 2.75) is 25.8 Å². The van der Waals surface area contributed by atoms with Crippen LogP contribution in [-0.4, -0.2) is 17.7 Å². The molecule has 114 valence electrons. The van der Waals surface area contributed by atoms with E-state index in [0.717, 1.165) is 37.3 Å². The molecular formula is C17H19FN4. The monoisotopic (exact) mass is 298 g/mol. The van der Waals surface area contributed by atoms with E-state index in [4.69, 9.17) is 5.73 Å². The standard InChI is InChI=1S/C17H19FN4/c18-14-6-4-13(5-7-14)12-22-15(11-19)10-16(20)17(22)21-8-2-1-3-9-21/h4-7,10H,1-3,8-9,12,20H2. The number of nitrogen functional groups attached to an aromatic ring is 1. The summed E-state index contributed by atoms with van der Waals surface area (Å²) in [4.78, 5) is 2.25. The van der Waals surface area contributed by atoms with Crippen molar-refractivity contribution in [2.75, 3.05) is 23.7 Å². The van der Waals surface area contributed by atoms with Gasteiger partial charge in [0.05, 0.1) is 12.2 Å². The highest BCUT2D eigenvalue weighted by atomic mass is 19.1. The fraction of sp³-hybridized carbons (Fsp3) is 0.353. The predicted octanol–water partition coefficient (Wildman–Crippen LogP) is 3.12. The Morgan fingerprint density at radius 1 is 1.14 bits per heavy atom. The van der Waals surface area contributed by atoms with Gasteiger partial charge in [0.1, 0.15) is 23.4 Å². The van der Waals surface area contributed by atoms with Crippen LogP contribution in [0, 0.1) is 17.1 Å². The van der Waals surface area contributed by atoms with E-state index in [1.54, 1.807) is 18.2 Å². The van der Waals surface area contributed by atoms with Gasteiger partial charge in [-0.05, 0) is 43.0 Å². The molecule has 0 spiro atoms. The van der Waals surface area contributed by atoms with E-state index in [1.165, 1.54) is 18.6 Å². The molecule has 1 aromatic carbocycles. The lowest BCUT2D eigenvalue weighted by molar-refractivity contribution is 0.564. The zero-order valence-corrected chi connectivity index (χ0v) is 12.4. The molecule has 1 fully saturated rings. The van der Waals surface area contributed by atoms with Crippen molar-refractivity contribution in [1.82, 2.24) is 4.57 Å². The summed E-state index contributed by atoms with van der Waals surface area (Å²) in [6, 6.07) is 10.3. The molecule has 0 bridgehead atoms. The Morgan fingerprint density at radius 2 is 1.82 bits per heavy atom. The van der Waals surface area contributed by atoms with Crippen LogP contribution in [0.4, 0.5) is 15.9 Å². The van der Waals surface area contributed by atoms with E-state index in [-0.39, 0.29) is 5.82 Å². The first-order valence-electron chi connectivity index (χ1n) is 7.57. The third kappa shape index (κ3) is 2.77. The Balaban J connectivity index is 1.97. The Bertz CT molecular complexity index is 691. The highest BCUT2D eigenvalue weighted by Crippen LogP contribution is 2.31.